The molecule has 0 N–H and O–H groups in total. The van der Waals surface area contributed by atoms with Gasteiger partial charge in [0.25, 0.3) is 0 Å². The number of Topliss-reactive ketones (excluding diaryl/α,β-unsaturated/α-hetero) is 1. The zero-order valence-electron chi connectivity index (χ0n) is 13.7. The maximum Gasteiger partial charge on any atom is 0.173 e. The second-order valence-corrected chi connectivity index (χ2v) is 8.61. The van der Waals surface area contributed by atoms with Gasteiger partial charge in [0.15, 0.2) is 11.4 Å². The van der Waals surface area contributed by atoms with Crippen molar-refractivity contribution in [1.82, 2.24) is 0 Å². The minimum absolute atomic E-state index is 0.0117. The first-order valence-corrected chi connectivity index (χ1v) is 8.71. The highest BCUT2D eigenvalue weighted by molar-refractivity contribution is 5.95. The molecule has 4 unspecified atom stereocenters. The van der Waals surface area contributed by atoms with Gasteiger partial charge in [-0.15, -0.1) is 0 Å². The molecule has 2 saturated heterocycles. The lowest BCUT2D eigenvalue weighted by Gasteiger charge is -2.54. The topological polar surface area (TPSA) is 35.5 Å². The van der Waals surface area contributed by atoms with Gasteiger partial charge in [-0.2, -0.15) is 0 Å². The van der Waals surface area contributed by atoms with Crippen molar-refractivity contribution in [2.24, 2.45) is 16.7 Å². The monoisotopic (exact) mass is 292 g/mol. The molecule has 2 aliphatic heterocycles. The van der Waals surface area contributed by atoms with Gasteiger partial charge in [-0.1, -0.05) is 20.8 Å². The number of ether oxygens (including phenoxy) is 2. The van der Waals surface area contributed by atoms with E-state index in [1.54, 1.807) is 0 Å². The van der Waals surface area contributed by atoms with E-state index in [4.69, 9.17) is 9.47 Å². The molecule has 3 heteroatoms. The van der Waals surface area contributed by atoms with Crippen LogP contribution in [0.5, 0.6) is 0 Å². The van der Waals surface area contributed by atoms with E-state index in [9.17, 15) is 4.79 Å². The van der Waals surface area contributed by atoms with E-state index >= 15 is 0 Å². The zero-order chi connectivity index (χ0) is 14.9. The lowest BCUT2D eigenvalue weighted by atomic mass is 9.57. The smallest absolute Gasteiger partial charge is 0.173 e. The molecule has 4 atom stereocenters. The van der Waals surface area contributed by atoms with Gasteiger partial charge >= 0.3 is 0 Å². The molecular weight excluding hydrogens is 264 g/mol. The van der Waals surface area contributed by atoms with Crippen molar-refractivity contribution in [3.8, 4) is 0 Å². The molecule has 118 valence electrons. The van der Waals surface area contributed by atoms with Gasteiger partial charge in [-0.25, -0.2) is 0 Å². The highest BCUT2D eigenvalue weighted by Gasteiger charge is 2.74. The Hall–Kier alpha value is -0.410. The summed E-state index contributed by atoms with van der Waals surface area (Å²) < 4.78 is 12.7. The third-order valence-corrected chi connectivity index (χ3v) is 7.41. The maximum absolute atomic E-state index is 13.6. The summed E-state index contributed by atoms with van der Waals surface area (Å²) in [4.78, 5) is 13.6. The van der Waals surface area contributed by atoms with Crippen molar-refractivity contribution in [3.63, 3.8) is 0 Å². The van der Waals surface area contributed by atoms with Crippen LogP contribution in [0.15, 0.2) is 0 Å². The largest absolute Gasteiger partial charge is 0.371 e. The lowest BCUT2D eigenvalue weighted by molar-refractivity contribution is -0.225. The van der Waals surface area contributed by atoms with Gasteiger partial charge in [0, 0.05) is 18.6 Å². The summed E-state index contributed by atoms with van der Waals surface area (Å²) in [7, 11) is 0. The van der Waals surface area contributed by atoms with E-state index < -0.39 is 11.2 Å². The Labute approximate surface area is 127 Å². The van der Waals surface area contributed by atoms with Crippen LogP contribution >= 0.6 is 0 Å². The molecule has 2 spiro atoms. The summed E-state index contributed by atoms with van der Waals surface area (Å²) in [6, 6.07) is 0. The van der Waals surface area contributed by atoms with Crippen molar-refractivity contribution in [2.45, 2.75) is 76.9 Å². The van der Waals surface area contributed by atoms with Crippen LogP contribution < -0.4 is 0 Å². The Morgan fingerprint density at radius 2 is 1.71 bits per heavy atom. The minimum Gasteiger partial charge on any atom is -0.371 e. The molecule has 2 saturated carbocycles. The second-order valence-electron chi connectivity index (χ2n) is 8.61. The van der Waals surface area contributed by atoms with Crippen LogP contribution in [0.3, 0.4) is 0 Å². The molecule has 2 bridgehead atoms. The fourth-order valence-electron chi connectivity index (χ4n) is 6.19. The van der Waals surface area contributed by atoms with E-state index in [1.807, 2.05) is 0 Å². The molecule has 0 amide bonds. The molecule has 0 aromatic heterocycles. The van der Waals surface area contributed by atoms with Crippen LogP contribution in [0.1, 0.15) is 65.7 Å². The van der Waals surface area contributed by atoms with Gasteiger partial charge < -0.3 is 9.47 Å². The highest BCUT2D eigenvalue weighted by atomic mass is 16.6. The molecule has 4 aliphatic rings. The normalized spacial score (nSPS) is 52.0. The fraction of sp³-hybridized carbons (Fsp3) is 0.944. The number of rotatable bonds is 0. The number of hydrogen-bond donors (Lipinski definition) is 0. The average Bonchev–Trinajstić information content (AvgIpc) is 3.17. The first-order valence-electron chi connectivity index (χ1n) is 8.71. The molecule has 2 heterocycles. The van der Waals surface area contributed by atoms with Crippen molar-refractivity contribution in [1.29, 1.82) is 0 Å². The zero-order valence-corrected chi connectivity index (χ0v) is 13.7. The van der Waals surface area contributed by atoms with Gasteiger partial charge in [0.2, 0.25) is 0 Å². The van der Waals surface area contributed by atoms with E-state index in [-0.39, 0.29) is 10.8 Å². The van der Waals surface area contributed by atoms with E-state index in [0.29, 0.717) is 18.3 Å². The first kappa shape index (κ1) is 14.2. The minimum atomic E-state index is -0.670. The average molecular weight is 292 g/mol. The van der Waals surface area contributed by atoms with Crippen molar-refractivity contribution >= 4 is 5.78 Å². The fourth-order valence-corrected chi connectivity index (χ4v) is 6.19. The molecule has 21 heavy (non-hydrogen) atoms. The maximum atomic E-state index is 13.6. The Bertz CT molecular complexity index is 469. The number of carbonyl (C=O) groups excluding carboxylic acids is 1. The number of fused-ring (bicyclic) bond motifs is 3. The van der Waals surface area contributed by atoms with Gasteiger partial charge in [-0.05, 0) is 56.3 Å². The number of carbonyl (C=O) groups is 1. The van der Waals surface area contributed by atoms with Crippen LogP contribution in [0.25, 0.3) is 0 Å². The number of ketones is 1. The predicted octanol–water partition coefficient (Wildman–Crippen LogP) is 3.50. The SMILES string of the molecule is CC12CCC(C1)C(C)(C)C1(CCCO1)C1(CCCO1)C2=O. The summed E-state index contributed by atoms with van der Waals surface area (Å²) in [6.45, 7) is 8.37. The highest BCUT2D eigenvalue weighted by Crippen LogP contribution is 2.66. The molecule has 2 aliphatic carbocycles. The first-order chi connectivity index (χ1) is 9.88. The molecule has 0 radical (unpaired) electrons. The van der Waals surface area contributed by atoms with Crippen LogP contribution in [0.4, 0.5) is 0 Å². The summed E-state index contributed by atoms with van der Waals surface area (Å²) in [5.41, 5.74) is -1.24. The molecular formula is C18H28O3. The summed E-state index contributed by atoms with van der Waals surface area (Å²) in [6.07, 6.45) is 7.11. The second kappa shape index (κ2) is 4.11. The van der Waals surface area contributed by atoms with Crippen molar-refractivity contribution in [3.05, 3.63) is 0 Å². The van der Waals surface area contributed by atoms with E-state index in [1.165, 1.54) is 0 Å². The third-order valence-electron chi connectivity index (χ3n) is 7.41. The molecule has 3 nitrogen and oxygen atoms in total. The Morgan fingerprint density at radius 3 is 2.33 bits per heavy atom. The van der Waals surface area contributed by atoms with Gasteiger partial charge in [0.05, 0.1) is 0 Å². The standard InChI is InChI=1S/C18H28O3/c1-15(2)13-6-9-16(3,12-13)14(19)17(7-4-10-20-17)18(15)8-5-11-21-18/h13H,4-12H2,1-3H3. The predicted molar refractivity (Wildman–Crippen MR) is 80.1 cm³/mol. The molecule has 4 fully saturated rings. The molecule has 0 aromatic carbocycles. The summed E-state index contributed by atoms with van der Waals surface area (Å²) in [5, 5.41) is 0. The number of hydrogen-bond acceptors (Lipinski definition) is 3. The van der Waals surface area contributed by atoms with Crippen LogP contribution in [0.2, 0.25) is 0 Å². The Kier molecular flexibility index (Phi) is 2.78. The quantitative estimate of drug-likeness (QED) is 0.685. The summed E-state index contributed by atoms with van der Waals surface area (Å²) >= 11 is 0. The van der Waals surface area contributed by atoms with Crippen LogP contribution in [-0.4, -0.2) is 30.2 Å². The van der Waals surface area contributed by atoms with Gasteiger partial charge in [-0.3, -0.25) is 4.79 Å². The Balaban J connectivity index is 1.95. The lowest BCUT2D eigenvalue weighted by Crippen LogP contribution is -2.67. The van der Waals surface area contributed by atoms with Gasteiger partial charge in [0.1, 0.15) is 5.60 Å². The van der Waals surface area contributed by atoms with Crippen molar-refractivity contribution in [2.75, 3.05) is 13.2 Å². The van der Waals surface area contributed by atoms with E-state index in [0.717, 1.165) is 51.6 Å². The Morgan fingerprint density at radius 1 is 1.00 bits per heavy atom. The van der Waals surface area contributed by atoms with E-state index in [2.05, 4.69) is 20.8 Å². The van der Waals surface area contributed by atoms with Crippen LogP contribution in [-0.2, 0) is 14.3 Å². The molecule has 4 rings (SSSR count). The summed E-state index contributed by atoms with van der Waals surface area (Å²) in [5.74, 6) is 0.940. The van der Waals surface area contributed by atoms with Crippen molar-refractivity contribution < 1.29 is 14.3 Å². The molecule has 0 aromatic rings. The van der Waals surface area contributed by atoms with Crippen LogP contribution in [0, 0.1) is 16.7 Å². The third kappa shape index (κ3) is 1.45.